The van der Waals surface area contributed by atoms with Gasteiger partial charge < -0.3 is 10.4 Å². The highest BCUT2D eigenvalue weighted by molar-refractivity contribution is 6.31. The Morgan fingerprint density at radius 1 is 1.55 bits per heavy atom. The second-order valence-corrected chi connectivity index (χ2v) is 5.78. The number of anilines is 1. The molecule has 22 heavy (non-hydrogen) atoms. The smallest absolute Gasteiger partial charge is 0.317 e. The monoisotopic (exact) mass is 327 g/mol. The second-order valence-electron chi connectivity index (χ2n) is 5.34. The minimum atomic E-state index is -0.844. The molecule has 0 amide bonds. The molecule has 1 aliphatic carbocycles. The molecule has 0 radical (unpaired) electrons. The van der Waals surface area contributed by atoms with Crippen molar-refractivity contribution >= 4 is 28.9 Å². The lowest BCUT2D eigenvalue weighted by molar-refractivity contribution is -0.384. The van der Waals surface area contributed by atoms with Crippen molar-refractivity contribution in [3.05, 3.63) is 33.3 Å². The van der Waals surface area contributed by atoms with Crippen LogP contribution in [0.25, 0.3) is 0 Å². The van der Waals surface area contributed by atoms with Crippen LogP contribution in [0.3, 0.4) is 0 Å². The highest BCUT2D eigenvalue weighted by Crippen LogP contribution is 2.33. The number of nitrogens with zero attached hydrogens (tertiary/aromatic N) is 2. The standard InChI is InChI=1S/C14H18ClN3O4/c1-2-17(8-14(19)20)11-6-10(7-11)16-12-5-9(15)3-4-13(12)18(21)22/h3-5,10-11,16H,2,6-8H2,1H3,(H,19,20). The summed E-state index contributed by atoms with van der Waals surface area (Å²) in [7, 11) is 0. The number of hydrogen-bond donors (Lipinski definition) is 2. The van der Waals surface area contributed by atoms with Gasteiger partial charge in [-0.25, -0.2) is 0 Å². The van der Waals surface area contributed by atoms with Gasteiger partial charge in [0.05, 0.1) is 11.5 Å². The average Bonchev–Trinajstić information content (AvgIpc) is 2.39. The number of nitro groups is 1. The first-order valence-corrected chi connectivity index (χ1v) is 7.44. The van der Waals surface area contributed by atoms with Crippen LogP contribution in [0.1, 0.15) is 19.8 Å². The fourth-order valence-corrected chi connectivity index (χ4v) is 2.85. The molecule has 1 aliphatic rings. The lowest BCUT2D eigenvalue weighted by atomic mass is 9.85. The molecule has 120 valence electrons. The van der Waals surface area contributed by atoms with Crippen LogP contribution in [0, 0.1) is 10.1 Å². The summed E-state index contributed by atoms with van der Waals surface area (Å²) in [5, 5.41) is 23.4. The summed E-state index contributed by atoms with van der Waals surface area (Å²) in [6.07, 6.45) is 1.51. The Labute approximate surface area is 133 Å². The zero-order valence-corrected chi connectivity index (χ0v) is 12.9. The molecule has 7 nitrogen and oxygen atoms in total. The number of halogens is 1. The lowest BCUT2D eigenvalue weighted by Crippen LogP contribution is -2.51. The predicted molar refractivity (Wildman–Crippen MR) is 83.4 cm³/mol. The predicted octanol–water partition coefficient (Wildman–Crippen LogP) is 2.60. The quantitative estimate of drug-likeness (QED) is 0.590. The summed E-state index contributed by atoms with van der Waals surface area (Å²) < 4.78 is 0. The molecule has 0 saturated heterocycles. The molecule has 0 aromatic heterocycles. The van der Waals surface area contributed by atoms with Crippen molar-refractivity contribution in [1.82, 2.24) is 4.90 Å². The van der Waals surface area contributed by atoms with E-state index in [0.29, 0.717) is 17.3 Å². The summed E-state index contributed by atoms with van der Waals surface area (Å²) in [6.45, 7) is 2.61. The summed E-state index contributed by atoms with van der Waals surface area (Å²) in [6, 6.07) is 4.69. The number of rotatable bonds is 7. The zero-order chi connectivity index (χ0) is 16.3. The van der Waals surface area contributed by atoms with Crippen molar-refractivity contribution in [1.29, 1.82) is 0 Å². The molecule has 1 aromatic carbocycles. The van der Waals surface area contributed by atoms with Gasteiger partial charge in [0, 0.05) is 23.2 Å². The van der Waals surface area contributed by atoms with Crippen molar-refractivity contribution in [3.63, 3.8) is 0 Å². The molecule has 0 bridgehead atoms. The summed E-state index contributed by atoms with van der Waals surface area (Å²) in [5.41, 5.74) is 0.396. The zero-order valence-electron chi connectivity index (χ0n) is 12.2. The van der Waals surface area contributed by atoms with E-state index >= 15 is 0 Å². The molecule has 1 saturated carbocycles. The van der Waals surface area contributed by atoms with Crippen LogP contribution in [-0.4, -0.2) is 46.1 Å². The van der Waals surface area contributed by atoms with Gasteiger partial charge in [-0.2, -0.15) is 0 Å². The van der Waals surface area contributed by atoms with Gasteiger partial charge in [-0.3, -0.25) is 19.8 Å². The SMILES string of the molecule is CCN(CC(=O)O)C1CC(Nc2cc(Cl)ccc2[N+](=O)[O-])C1. The van der Waals surface area contributed by atoms with Crippen LogP contribution < -0.4 is 5.32 Å². The van der Waals surface area contributed by atoms with Gasteiger partial charge in [0.15, 0.2) is 0 Å². The third-order valence-corrected chi connectivity index (χ3v) is 4.12. The molecule has 2 rings (SSSR count). The molecule has 8 heteroatoms. The van der Waals surface area contributed by atoms with Crippen LogP contribution >= 0.6 is 11.6 Å². The summed E-state index contributed by atoms with van der Waals surface area (Å²) in [4.78, 5) is 23.3. The van der Waals surface area contributed by atoms with Crippen molar-refractivity contribution in [2.45, 2.75) is 31.8 Å². The molecule has 0 heterocycles. The molecule has 0 unspecified atom stereocenters. The minimum Gasteiger partial charge on any atom is -0.480 e. The Balaban J connectivity index is 1.96. The van der Waals surface area contributed by atoms with Crippen LogP contribution in [0.4, 0.5) is 11.4 Å². The maximum Gasteiger partial charge on any atom is 0.317 e. The van der Waals surface area contributed by atoms with E-state index in [-0.39, 0.29) is 24.3 Å². The molecule has 0 spiro atoms. The largest absolute Gasteiger partial charge is 0.480 e. The maximum absolute atomic E-state index is 11.0. The third kappa shape index (κ3) is 3.86. The van der Waals surface area contributed by atoms with E-state index in [9.17, 15) is 14.9 Å². The highest BCUT2D eigenvalue weighted by atomic mass is 35.5. The van der Waals surface area contributed by atoms with Gasteiger partial charge in [-0.15, -0.1) is 0 Å². The normalized spacial score (nSPS) is 20.5. The first-order chi connectivity index (χ1) is 10.4. The van der Waals surface area contributed by atoms with E-state index in [0.717, 1.165) is 12.8 Å². The van der Waals surface area contributed by atoms with Crippen LogP contribution in [0.15, 0.2) is 18.2 Å². The minimum absolute atomic E-state index is 0.00858. The number of carboxylic acids is 1. The lowest BCUT2D eigenvalue weighted by Gasteiger charge is -2.42. The Morgan fingerprint density at radius 3 is 2.77 bits per heavy atom. The topological polar surface area (TPSA) is 95.7 Å². The van der Waals surface area contributed by atoms with Gasteiger partial charge in [0.2, 0.25) is 0 Å². The Hall–Kier alpha value is -1.86. The number of aliphatic carboxylic acids is 1. The number of nitro benzene ring substituents is 1. The van der Waals surface area contributed by atoms with Gasteiger partial charge >= 0.3 is 5.97 Å². The van der Waals surface area contributed by atoms with Crippen molar-refractivity contribution in [2.75, 3.05) is 18.4 Å². The van der Waals surface area contributed by atoms with Crippen LogP contribution in [0.5, 0.6) is 0 Å². The number of nitrogens with one attached hydrogen (secondary N) is 1. The molecular weight excluding hydrogens is 310 g/mol. The molecule has 1 fully saturated rings. The van der Waals surface area contributed by atoms with E-state index < -0.39 is 10.9 Å². The van der Waals surface area contributed by atoms with E-state index in [1.54, 1.807) is 6.07 Å². The number of hydrogen-bond acceptors (Lipinski definition) is 5. The number of benzene rings is 1. The van der Waals surface area contributed by atoms with Gasteiger partial charge in [0.25, 0.3) is 5.69 Å². The van der Waals surface area contributed by atoms with Crippen LogP contribution in [-0.2, 0) is 4.79 Å². The van der Waals surface area contributed by atoms with E-state index in [2.05, 4.69) is 5.32 Å². The van der Waals surface area contributed by atoms with Gasteiger partial charge in [-0.1, -0.05) is 18.5 Å². The number of likely N-dealkylation sites (N-methyl/N-ethyl adjacent to an activating group) is 1. The van der Waals surface area contributed by atoms with Gasteiger partial charge in [0.1, 0.15) is 5.69 Å². The Bertz CT molecular complexity index is 575. The maximum atomic E-state index is 11.0. The van der Waals surface area contributed by atoms with Crippen molar-refractivity contribution in [2.24, 2.45) is 0 Å². The molecule has 0 aliphatic heterocycles. The second kappa shape index (κ2) is 6.93. The van der Waals surface area contributed by atoms with E-state index in [1.165, 1.54) is 12.1 Å². The molecular formula is C14H18ClN3O4. The summed E-state index contributed by atoms with van der Waals surface area (Å²) in [5.74, 6) is -0.844. The first-order valence-electron chi connectivity index (χ1n) is 7.07. The van der Waals surface area contributed by atoms with E-state index in [1.807, 2.05) is 11.8 Å². The fourth-order valence-electron chi connectivity index (χ4n) is 2.68. The Morgan fingerprint density at radius 2 is 2.23 bits per heavy atom. The third-order valence-electron chi connectivity index (χ3n) is 3.89. The molecule has 2 N–H and O–H groups in total. The highest BCUT2D eigenvalue weighted by Gasteiger charge is 2.34. The van der Waals surface area contributed by atoms with E-state index in [4.69, 9.17) is 16.7 Å². The Kier molecular flexibility index (Phi) is 5.20. The fraction of sp³-hybridized carbons (Fsp3) is 0.500. The van der Waals surface area contributed by atoms with Crippen molar-refractivity contribution < 1.29 is 14.8 Å². The number of carbonyl (C=O) groups is 1. The van der Waals surface area contributed by atoms with Crippen LogP contribution in [0.2, 0.25) is 5.02 Å². The first kappa shape index (κ1) is 16.5. The number of carboxylic acid groups (broad SMARTS) is 1. The average molecular weight is 328 g/mol. The van der Waals surface area contributed by atoms with Crippen molar-refractivity contribution in [3.8, 4) is 0 Å². The summed E-state index contributed by atoms with van der Waals surface area (Å²) >= 11 is 5.89. The van der Waals surface area contributed by atoms with Gasteiger partial charge in [-0.05, 0) is 31.5 Å². The molecule has 0 atom stereocenters. The molecule has 1 aromatic rings.